The van der Waals surface area contributed by atoms with Crippen LogP contribution in [0.3, 0.4) is 0 Å². The molecular weight excluding hydrogens is 434 g/mol. The number of rotatable bonds is 7. The standard InChI is InChI=1S/C26H41N3O5/c1-18(33-21-12-8-11-20(16-21)25(2,3)4)23(31)29-15-9-10-19(17-29)22(30)27-13-14-28-24(32)34-26(5,6)7/h8,11-12,16,18-19H,9-10,13-15,17H2,1-7H3,(H,27,30)(H,28,32). The number of ether oxygens (including phenoxy) is 2. The van der Waals surface area contributed by atoms with E-state index >= 15 is 0 Å². The van der Waals surface area contributed by atoms with E-state index in [2.05, 4.69) is 37.5 Å². The first-order valence-electron chi connectivity index (χ1n) is 12.1. The zero-order valence-electron chi connectivity index (χ0n) is 21.7. The van der Waals surface area contributed by atoms with Crippen LogP contribution in [-0.4, -0.2) is 60.7 Å². The molecule has 8 nitrogen and oxygen atoms in total. The molecule has 34 heavy (non-hydrogen) atoms. The molecule has 1 fully saturated rings. The van der Waals surface area contributed by atoms with Crippen LogP contribution < -0.4 is 15.4 Å². The minimum Gasteiger partial charge on any atom is -0.481 e. The number of benzene rings is 1. The molecule has 0 saturated carbocycles. The van der Waals surface area contributed by atoms with Crippen molar-refractivity contribution in [2.45, 2.75) is 78.4 Å². The Balaban J connectivity index is 1.82. The van der Waals surface area contributed by atoms with E-state index in [1.54, 1.807) is 32.6 Å². The second kappa shape index (κ2) is 11.6. The van der Waals surface area contributed by atoms with Crippen molar-refractivity contribution in [1.29, 1.82) is 0 Å². The molecule has 190 valence electrons. The molecule has 0 aromatic heterocycles. The van der Waals surface area contributed by atoms with Gasteiger partial charge < -0.3 is 25.0 Å². The van der Waals surface area contributed by atoms with Crippen molar-refractivity contribution in [2.75, 3.05) is 26.2 Å². The van der Waals surface area contributed by atoms with E-state index in [9.17, 15) is 14.4 Å². The first-order valence-corrected chi connectivity index (χ1v) is 12.1. The van der Waals surface area contributed by atoms with Gasteiger partial charge in [0.15, 0.2) is 6.10 Å². The van der Waals surface area contributed by atoms with Gasteiger partial charge >= 0.3 is 6.09 Å². The zero-order valence-corrected chi connectivity index (χ0v) is 21.7. The van der Waals surface area contributed by atoms with Crippen LogP contribution in [0.2, 0.25) is 0 Å². The highest BCUT2D eigenvalue weighted by Gasteiger charge is 2.31. The van der Waals surface area contributed by atoms with Gasteiger partial charge in [-0.3, -0.25) is 9.59 Å². The summed E-state index contributed by atoms with van der Waals surface area (Å²) in [6.45, 7) is 15.1. The first-order chi connectivity index (χ1) is 15.8. The summed E-state index contributed by atoms with van der Waals surface area (Å²) in [4.78, 5) is 39.0. The largest absolute Gasteiger partial charge is 0.481 e. The Morgan fingerprint density at radius 2 is 1.76 bits per heavy atom. The molecule has 1 saturated heterocycles. The first kappa shape index (κ1) is 27.5. The van der Waals surface area contributed by atoms with Crippen LogP contribution in [0.15, 0.2) is 24.3 Å². The lowest BCUT2D eigenvalue weighted by atomic mass is 9.87. The fourth-order valence-corrected chi connectivity index (χ4v) is 3.75. The number of nitrogens with zero attached hydrogens (tertiary/aromatic N) is 1. The maximum atomic E-state index is 13.0. The Kier molecular flexibility index (Phi) is 9.36. The Morgan fingerprint density at radius 1 is 1.09 bits per heavy atom. The number of hydrogen-bond donors (Lipinski definition) is 2. The van der Waals surface area contributed by atoms with Gasteiger partial charge in [-0.2, -0.15) is 0 Å². The fourth-order valence-electron chi connectivity index (χ4n) is 3.75. The molecule has 8 heteroatoms. The summed E-state index contributed by atoms with van der Waals surface area (Å²) in [6, 6.07) is 7.82. The molecule has 3 amide bonds. The molecule has 0 radical (unpaired) electrons. The highest BCUT2D eigenvalue weighted by Crippen LogP contribution is 2.26. The molecule has 1 aromatic carbocycles. The van der Waals surface area contributed by atoms with Crippen LogP contribution in [0.4, 0.5) is 4.79 Å². The summed E-state index contributed by atoms with van der Waals surface area (Å²) in [5, 5.41) is 5.46. The number of hydrogen-bond acceptors (Lipinski definition) is 5. The van der Waals surface area contributed by atoms with Crippen LogP contribution in [0.1, 0.15) is 66.9 Å². The molecule has 1 aliphatic rings. The number of carbonyl (C=O) groups excluding carboxylic acids is 3. The highest BCUT2D eigenvalue weighted by atomic mass is 16.6. The SMILES string of the molecule is CC(Oc1cccc(C(C)(C)C)c1)C(=O)N1CCCC(C(=O)NCCNC(=O)OC(C)(C)C)C1. The van der Waals surface area contributed by atoms with Crippen molar-refractivity contribution in [2.24, 2.45) is 5.92 Å². The van der Waals surface area contributed by atoms with E-state index in [1.807, 2.05) is 18.2 Å². The smallest absolute Gasteiger partial charge is 0.407 e. The van der Waals surface area contributed by atoms with Crippen LogP contribution >= 0.6 is 0 Å². The van der Waals surface area contributed by atoms with Crippen LogP contribution in [0, 0.1) is 5.92 Å². The Morgan fingerprint density at radius 3 is 2.41 bits per heavy atom. The third-order valence-corrected chi connectivity index (χ3v) is 5.56. The number of amides is 3. The molecule has 0 bridgehead atoms. The van der Waals surface area contributed by atoms with E-state index in [1.165, 1.54) is 0 Å². The number of nitrogens with one attached hydrogen (secondary N) is 2. The van der Waals surface area contributed by atoms with Gasteiger partial charge in [0.1, 0.15) is 11.4 Å². The van der Waals surface area contributed by atoms with Gasteiger partial charge in [-0.05, 0) is 63.6 Å². The lowest BCUT2D eigenvalue weighted by Crippen LogP contribution is -2.49. The van der Waals surface area contributed by atoms with Crippen molar-refractivity contribution < 1.29 is 23.9 Å². The molecule has 0 spiro atoms. The van der Waals surface area contributed by atoms with Crippen molar-refractivity contribution in [3.63, 3.8) is 0 Å². The summed E-state index contributed by atoms with van der Waals surface area (Å²) in [5.74, 6) is 0.146. The summed E-state index contributed by atoms with van der Waals surface area (Å²) in [6.07, 6.45) is 0.317. The quantitative estimate of drug-likeness (QED) is 0.587. The predicted octanol–water partition coefficient (Wildman–Crippen LogP) is 3.63. The molecule has 1 aromatic rings. The summed E-state index contributed by atoms with van der Waals surface area (Å²) in [5.41, 5.74) is 0.560. The average Bonchev–Trinajstić information content (AvgIpc) is 2.74. The van der Waals surface area contributed by atoms with E-state index in [-0.39, 0.29) is 29.7 Å². The van der Waals surface area contributed by atoms with E-state index in [0.717, 1.165) is 18.4 Å². The number of piperidine rings is 1. The van der Waals surface area contributed by atoms with Gasteiger partial charge in [-0.15, -0.1) is 0 Å². The predicted molar refractivity (Wildman–Crippen MR) is 132 cm³/mol. The monoisotopic (exact) mass is 475 g/mol. The van der Waals surface area contributed by atoms with Gasteiger partial charge in [-0.1, -0.05) is 32.9 Å². The van der Waals surface area contributed by atoms with E-state index in [0.29, 0.717) is 25.4 Å². The summed E-state index contributed by atoms with van der Waals surface area (Å²) >= 11 is 0. The number of alkyl carbamates (subject to hydrolysis) is 1. The van der Waals surface area contributed by atoms with Gasteiger partial charge in [0, 0.05) is 26.2 Å². The molecular formula is C26H41N3O5. The summed E-state index contributed by atoms with van der Waals surface area (Å²) in [7, 11) is 0. The number of likely N-dealkylation sites (tertiary alicyclic amines) is 1. The Hall–Kier alpha value is -2.77. The fraction of sp³-hybridized carbons (Fsp3) is 0.654. The maximum Gasteiger partial charge on any atom is 0.407 e. The lowest BCUT2D eigenvalue weighted by molar-refractivity contribution is -0.141. The van der Waals surface area contributed by atoms with Crippen molar-refractivity contribution in [3.05, 3.63) is 29.8 Å². The minimum atomic E-state index is -0.643. The minimum absolute atomic E-state index is 0.0114. The van der Waals surface area contributed by atoms with Crippen LogP contribution in [0.25, 0.3) is 0 Å². The van der Waals surface area contributed by atoms with Crippen LogP contribution in [-0.2, 0) is 19.7 Å². The molecule has 1 heterocycles. The van der Waals surface area contributed by atoms with Gasteiger partial charge in [-0.25, -0.2) is 4.79 Å². The van der Waals surface area contributed by atoms with Crippen LogP contribution in [0.5, 0.6) is 5.75 Å². The maximum absolute atomic E-state index is 13.0. The third kappa shape index (κ3) is 8.88. The van der Waals surface area contributed by atoms with Crippen molar-refractivity contribution >= 4 is 17.9 Å². The molecule has 2 rings (SSSR count). The molecule has 0 aliphatic carbocycles. The van der Waals surface area contributed by atoms with E-state index in [4.69, 9.17) is 9.47 Å². The molecule has 2 N–H and O–H groups in total. The second-order valence-corrected chi connectivity index (χ2v) is 10.9. The van der Waals surface area contributed by atoms with Gasteiger partial charge in [0.25, 0.3) is 5.91 Å². The summed E-state index contributed by atoms with van der Waals surface area (Å²) < 4.78 is 11.1. The molecule has 2 atom stereocenters. The Bertz CT molecular complexity index is 857. The highest BCUT2D eigenvalue weighted by molar-refractivity contribution is 5.83. The number of carbonyl (C=O) groups is 3. The Labute approximate surface area is 203 Å². The van der Waals surface area contributed by atoms with Gasteiger partial charge in [0.2, 0.25) is 5.91 Å². The average molecular weight is 476 g/mol. The zero-order chi connectivity index (χ0) is 25.5. The topological polar surface area (TPSA) is 97.0 Å². The second-order valence-electron chi connectivity index (χ2n) is 10.9. The molecule has 2 unspecified atom stereocenters. The third-order valence-electron chi connectivity index (χ3n) is 5.56. The van der Waals surface area contributed by atoms with Gasteiger partial charge in [0.05, 0.1) is 5.92 Å². The molecule has 1 aliphatic heterocycles. The van der Waals surface area contributed by atoms with Crippen molar-refractivity contribution in [1.82, 2.24) is 15.5 Å². The lowest BCUT2D eigenvalue weighted by Gasteiger charge is -2.33. The van der Waals surface area contributed by atoms with Crippen molar-refractivity contribution in [3.8, 4) is 5.75 Å². The normalized spacial score (nSPS) is 17.5. The van der Waals surface area contributed by atoms with E-state index < -0.39 is 17.8 Å².